The lowest BCUT2D eigenvalue weighted by molar-refractivity contribution is 0.0506. The molecule has 1 unspecified atom stereocenters. The summed E-state index contributed by atoms with van der Waals surface area (Å²) in [4.78, 5) is 11.7. The van der Waals surface area contributed by atoms with Crippen molar-refractivity contribution in [2.45, 2.75) is 71.1 Å². The topological polar surface area (TPSA) is 50.4 Å². The molecule has 1 amide bonds. The maximum absolute atomic E-state index is 11.7. The van der Waals surface area contributed by atoms with Gasteiger partial charge in [0.15, 0.2) is 0 Å². The lowest BCUT2D eigenvalue weighted by atomic mass is 9.74. The fourth-order valence-corrected chi connectivity index (χ4v) is 2.99. The highest BCUT2D eigenvalue weighted by atomic mass is 16.6. The molecule has 0 aromatic heterocycles. The van der Waals surface area contributed by atoms with Gasteiger partial charge in [-0.05, 0) is 64.5 Å². The van der Waals surface area contributed by atoms with Crippen molar-refractivity contribution in [3.63, 3.8) is 0 Å². The maximum atomic E-state index is 11.7. The van der Waals surface area contributed by atoms with E-state index in [0.717, 1.165) is 6.54 Å². The molecule has 2 rings (SSSR count). The summed E-state index contributed by atoms with van der Waals surface area (Å²) in [6.07, 6.45) is 1.99. The van der Waals surface area contributed by atoms with Gasteiger partial charge in [-0.15, -0.1) is 0 Å². The summed E-state index contributed by atoms with van der Waals surface area (Å²) in [6, 6.07) is 9.24. The molecule has 2 N–H and O–H groups in total. The number of benzene rings is 1. The first-order valence-electron chi connectivity index (χ1n) is 8.53. The number of carbonyl (C=O) groups is 1. The van der Waals surface area contributed by atoms with Gasteiger partial charge < -0.3 is 15.4 Å². The molecule has 1 aliphatic rings. The minimum Gasteiger partial charge on any atom is -0.444 e. The highest BCUT2D eigenvalue weighted by molar-refractivity contribution is 5.68. The van der Waals surface area contributed by atoms with Crippen molar-refractivity contribution >= 4 is 6.09 Å². The Hall–Kier alpha value is -1.55. The van der Waals surface area contributed by atoms with Crippen LogP contribution in [0.4, 0.5) is 4.79 Å². The minimum atomic E-state index is -0.452. The number of hydrogen-bond acceptors (Lipinski definition) is 3. The molecule has 0 saturated heterocycles. The Balaban J connectivity index is 1.66. The number of carbonyl (C=O) groups excluding carboxylic acids is 1. The van der Waals surface area contributed by atoms with Crippen LogP contribution < -0.4 is 10.6 Å². The van der Waals surface area contributed by atoms with Gasteiger partial charge in [0.2, 0.25) is 0 Å². The molecule has 0 bridgehead atoms. The predicted octanol–water partition coefficient (Wildman–Crippen LogP) is 3.74. The summed E-state index contributed by atoms with van der Waals surface area (Å²) in [5.41, 5.74) is 2.41. The number of amides is 1. The van der Waals surface area contributed by atoms with E-state index in [4.69, 9.17) is 4.74 Å². The quantitative estimate of drug-likeness (QED) is 0.869. The van der Waals surface area contributed by atoms with Crippen LogP contribution in [0.2, 0.25) is 0 Å². The standard InChI is InChI=1S/C19H30N2O2/c1-13-8-6-7-9-17(13)15-10-16(11-15)20-12-14(2)21-18(22)23-19(3,4)5/h6-9,14-16,20H,10-12H2,1-5H3,(H,21,22). The van der Waals surface area contributed by atoms with E-state index in [0.29, 0.717) is 12.0 Å². The summed E-state index contributed by atoms with van der Waals surface area (Å²) in [5.74, 6) is 0.669. The van der Waals surface area contributed by atoms with E-state index in [9.17, 15) is 4.79 Å². The van der Waals surface area contributed by atoms with Crippen molar-refractivity contribution < 1.29 is 9.53 Å². The smallest absolute Gasteiger partial charge is 0.407 e. The van der Waals surface area contributed by atoms with Gasteiger partial charge in [0.25, 0.3) is 0 Å². The Bertz CT molecular complexity index is 530. The van der Waals surface area contributed by atoms with Gasteiger partial charge in [0.05, 0.1) is 0 Å². The molecule has 4 nitrogen and oxygen atoms in total. The molecule has 0 radical (unpaired) electrons. The largest absolute Gasteiger partial charge is 0.444 e. The van der Waals surface area contributed by atoms with Crippen LogP contribution in [0.25, 0.3) is 0 Å². The summed E-state index contributed by atoms with van der Waals surface area (Å²) >= 11 is 0. The van der Waals surface area contributed by atoms with Gasteiger partial charge in [-0.25, -0.2) is 4.79 Å². The molecule has 1 saturated carbocycles. The molecule has 0 aliphatic heterocycles. The molecule has 4 heteroatoms. The molecule has 1 aromatic carbocycles. The van der Waals surface area contributed by atoms with Crippen molar-refractivity contribution in [2.24, 2.45) is 0 Å². The van der Waals surface area contributed by atoms with Crippen LogP contribution in [0.5, 0.6) is 0 Å². The summed E-state index contributed by atoms with van der Waals surface area (Å²) in [5, 5.41) is 6.40. The first-order chi connectivity index (χ1) is 10.7. The van der Waals surface area contributed by atoms with E-state index in [1.165, 1.54) is 24.0 Å². The Kier molecular flexibility index (Phi) is 5.69. The Morgan fingerprint density at radius 3 is 2.57 bits per heavy atom. The zero-order valence-corrected chi connectivity index (χ0v) is 15.0. The Labute approximate surface area is 140 Å². The molecule has 0 heterocycles. The number of hydrogen-bond donors (Lipinski definition) is 2. The van der Waals surface area contributed by atoms with Crippen LogP contribution in [0.15, 0.2) is 24.3 Å². The molecule has 1 aromatic rings. The third-order valence-corrected chi connectivity index (χ3v) is 4.24. The van der Waals surface area contributed by atoms with E-state index in [-0.39, 0.29) is 12.1 Å². The molecular formula is C19H30N2O2. The van der Waals surface area contributed by atoms with Crippen molar-refractivity contribution in [3.8, 4) is 0 Å². The first kappa shape index (κ1) is 17.8. The number of rotatable bonds is 5. The van der Waals surface area contributed by atoms with E-state index < -0.39 is 5.60 Å². The van der Waals surface area contributed by atoms with Crippen molar-refractivity contribution in [1.82, 2.24) is 10.6 Å². The molecule has 23 heavy (non-hydrogen) atoms. The number of ether oxygens (including phenoxy) is 1. The molecular weight excluding hydrogens is 288 g/mol. The average Bonchev–Trinajstić information content (AvgIpc) is 2.36. The Morgan fingerprint density at radius 2 is 1.96 bits per heavy atom. The average molecular weight is 318 g/mol. The summed E-state index contributed by atoms with van der Waals surface area (Å²) in [6.45, 7) is 10.6. The maximum Gasteiger partial charge on any atom is 0.407 e. The third kappa shape index (κ3) is 5.54. The number of nitrogens with one attached hydrogen (secondary N) is 2. The zero-order chi connectivity index (χ0) is 17.0. The van der Waals surface area contributed by atoms with Gasteiger partial charge in [-0.3, -0.25) is 0 Å². The zero-order valence-electron chi connectivity index (χ0n) is 15.0. The third-order valence-electron chi connectivity index (χ3n) is 4.24. The SMILES string of the molecule is Cc1ccccc1C1CC(NCC(C)NC(=O)OC(C)(C)C)C1. The van der Waals surface area contributed by atoms with Crippen molar-refractivity contribution in [2.75, 3.05) is 6.54 Å². The van der Waals surface area contributed by atoms with Crippen LogP contribution >= 0.6 is 0 Å². The monoisotopic (exact) mass is 318 g/mol. The lowest BCUT2D eigenvalue weighted by Gasteiger charge is -2.37. The van der Waals surface area contributed by atoms with E-state index in [1.54, 1.807) is 0 Å². The number of aryl methyl sites for hydroxylation is 1. The van der Waals surface area contributed by atoms with E-state index >= 15 is 0 Å². The van der Waals surface area contributed by atoms with Crippen LogP contribution in [0, 0.1) is 6.92 Å². The van der Waals surface area contributed by atoms with Gasteiger partial charge >= 0.3 is 6.09 Å². The molecule has 1 fully saturated rings. The van der Waals surface area contributed by atoms with Crippen LogP contribution in [0.3, 0.4) is 0 Å². The highest BCUT2D eigenvalue weighted by Crippen LogP contribution is 2.38. The lowest BCUT2D eigenvalue weighted by Crippen LogP contribution is -2.48. The molecule has 128 valence electrons. The highest BCUT2D eigenvalue weighted by Gasteiger charge is 2.30. The molecule has 0 spiro atoms. The summed E-state index contributed by atoms with van der Waals surface area (Å²) < 4.78 is 5.27. The van der Waals surface area contributed by atoms with Gasteiger partial charge in [0.1, 0.15) is 5.60 Å². The normalized spacial score (nSPS) is 22.1. The van der Waals surface area contributed by atoms with Gasteiger partial charge in [0, 0.05) is 18.6 Å². The second kappa shape index (κ2) is 7.35. The second-order valence-electron chi connectivity index (χ2n) is 7.68. The van der Waals surface area contributed by atoms with Crippen LogP contribution in [-0.2, 0) is 4.74 Å². The summed E-state index contributed by atoms with van der Waals surface area (Å²) in [7, 11) is 0. The molecule has 1 atom stereocenters. The van der Waals surface area contributed by atoms with Gasteiger partial charge in [-0.1, -0.05) is 24.3 Å². The minimum absolute atomic E-state index is 0.0577. The molecule has 1 aliphatic carbocycles. The second-order valence-corrected chi connectivity index (χ2v) is 7.68. The fourth-order valence-electron chi connectivity index (χ4n) is 2.99. The van der Waals surface area contributed by atoms with Crippen LogP contribution in [0.1, 0.15) is 57.6 Å². The van der Waals surface area contributed by atoms with E-state index in [2.05, 4.69) is 41.8 Å². The van der Waals surface area contributed by atoms with Gasteiger partial charge in [-0.2, -0.15) is 0 Å². The number of alkyl carbamates (subject to hydrolysis) is 1. The Morgan fingerprint density at radius 1 is 1.30 bits per heavy atom. The predicted molar refractivity (Wildman–Crippen MR) is 93.8 cm³/mol. The van der Waals surface area contributed by atoms with Crippen molar-refractivity contribution in [3.05, 3.63) is 35.4 Å². The first-order valence-corrected chi connectivity index (χ1v) is 8.53. The van der Waals surface area contributed by atoms with Crippen LogP contribution in [-0.4, -0.2) is 30.3 Å². The fraction of sp³-hybridized carbons (Fsp3) is 0.632. The van der Waals surface area contributed by atoms with Crippen molar-refractivity contribution in [1.29, 1.82) is 0 Å². The van der Waals surface area contributed by atoms with E-state index in [1.807, 2.05) is 27.7 Å².